The molecule has 41 heavy (non-hydrogen) atoms. The number of halogens is 1. The largest absolute Gasteiger partial charge is 0.335 e. The first kappa shape index (κ1) is 24.2. The number of carbonyl (C=O) groups excluding carboxylic acids is 1. The molecule has 6 aromatic heterocycles. The summed E-state index contributed by atoms with van der Waals surface area (Å²) in [5.41, 5.74) is 5.39. The van der Waals surface area contributed by atoms with Gasteiger partial charge in [0.05, 0.1) is 40.9 Å². The number of anilines is 1. The summed E-state index contributed by atoms with van der Waals surface area (Å²) >= 11 is 0. The first-order valence-electron chi connectivity index (χ1n) is 12.7. The van der Waals surface area contributed by atoms with Gasteiger partial charge in [-0.05, 0) is 23.8 Å². The topological polar surface area (TPSA) is 138 Å². The van der Waals surface area contributed by atoms with Gasteiger partial charge in [-0.25, -0.2) is 14.4 Å². The van der Waals surface area contributed by atoms with E-state index in [4.69, 9.17) is 0 Å². The zero-order valence-corrected chi connectivity index (χ0v) is 21.3. The Balaban J connectivity index is 1.24. The van der Waals surface area contributed by atoms with Crippen molar-refractivity contribution in [3.8, 4) is 33.9 Å². The normalized spacial score (nSPS) is 11.2. The first-order valence-corrected chi connectivity index (χ1v) is 12.7. The van der Waals surface area contributed by atoms with E-state index in [0.717, 1.165) is 16.7 Å². The molecule has 0 saturated heterocycles. The van der Waals surface area contributed by atoms with E-state index in [1.165, 1.54) is 18.6 Å². The molecular weight excluding hydrogens is 521 g/mol. The molecule has 0 bridgehead atoms. The monoisotopic (exact) mass is 541 g/mol. The minimum atomic E-state index is -0.596. The summed E-state index contributed by atoms with van der Waals surface area (Å²) in [5.74, 6) is -0.451. The van der Waals surface area contributed by atoms with E-state index >= 15 is 4.39 Å². The van der Waals surface area contributed by atoms with Gasteiger partial charge in [0, 0.05) is 41.5 Å². The molecular formula is C30H20FN9O. The standard InChI is InChI=1S/C30H20FN9O/c31-25-24-22(16-35-26(25)19-12-20(15-33-14-19)36-23(41)11-17-5-2-1-3-6-17)39-40-28(24)30-37-27-21(8-10-34-29(27)38-30)18-7-4-9-32-13-18/h1-10,12-16H,11H2,(H,36,41)(H,39,40)(H,34,37,38). The van der Waals surface area contributed by atoms with Gasteiger partial charge in [-0.1, -0.05) is 36.4 Å². The molecule has 0 fully saturated rings. The second-order valence-electron chi connectivity index (χ2n) is 9.34. The second kappa shape index (κ2) is 10.0. The quantitative estimate of drug-likeness (QED) is 0.258. The number of rotatable bonds is 6. The van der Waals surface area contributed by atoms with Crippen molar-refractivity contribution in [1.82, 2.24) is 40.1 Å². The van der Waals surface area contributed by atoms with Crippen molar-refractivity contribution in [1.29, 1.82) is 0 Å². The van der Waals surface area contributed by atoms with Crippen molar-refractivity contribution in [2.24, 2.45) is 0 Å². The third-order valence-electron chi connectivity index (χ3n) is 6.64. The number of benzene rings is 1. The molecule has 1 aromatic carbocycles. The lowest BCUT2D eigenvalue weighted by Gasteiger charge is -2.08. The predicted molar refractivity (Wildman–Crippen MR) is 152 cm³/mol. The number of amides is 1. The zero-order chi connectivity index (χ0) is 27.8. The molecule has 0 aliphatic carbocycles. The van der Waals surface area contributed by atoms with E-state index in [0.29, 0.717) is 33.8 Å². The first-order chi connectivity index (χ1) is 20.1. The van der Waals surface area contributed by atoms with Crippen LogP contribution in [0.5, 0.6) is 0 Å². The van der Waals surface area contributed by atoms with Gasteiger partial charge in [0.15, 0.2) is 17.3 Å². The smallest absolute Gasteiger partial charge is 0.228 e. The summed E-state index contributed by atoms with van der Waals surface area (Å²) in [4.78, 5) is 37.5. The van der Waals surface area contributed by atoms with Crippen molar-refractivity contribution in [2.75, 3.05) is 5.32 Å². The van der Waals surface area contributed by atoms with Gasteiger partial charge >= 0.3 is 0 Å². The van der Waals surface area contributed by atoms with Crippen molar-refractivity contribution in [2.45, 2.75) is 6.42 Å². The van der Waals surface area contributed by atoms with Crippen LogP contribution in [-0.2, 0) is 11.2 Å². The Kier molecular flexibility index (Phi) is 5.93. The molecule has 198 valence electrons. The van der Waals surface area contributed by atoms with Crippen LogP contribution in [0.3, 0.4) is 0 Å². The highest BCUT2D eigenvalue weighted by Crippen LogP contribution is 2.34. The molecule has 7 aromatic rings. The Morgan fingerprint density at radius 2 is 1.76 bits per heavy atom. The van der Waals surface area contributed by atoms with E-state index in [-0.39, 0.29) is 29.1 Å². The Bertz CT molecular complexity index is 2040. The Hall–Kier alpha value is -5.84. The number of H-pyrrole nitrogens is 2. The van der Waals surface area contributed by atoms with Crippen LogP contribution in [-0.4, -0.2) is 46.0 Å². The van der Waals surface area contributed by atoms with E-state index in [2.05, 4.69) is 45.4 Å². The Labute approximate surface area is 231 Å². The lowest BCUT2D eigenvalue weighted by molar-refractivity contribution is -0.115. The lowest BCUT2D eigenvalue weighted by Crippen LogP contribution is -2.14. The molecule has 0 spiro atoms. The third-order valence-corrected chi connectivity index (χ3v) is 6.64. The third kappa shape index (κ3) is 4.55. The molecule has 3 N–H and O–H groups in total. The fourth-order valence-corrected chi connectivity index (χ4v) is 4.76. The Morgan fingerprint density at radius 3 is 2.61 bits per heavy atom. The summed E-state index contributed by atoms with van der Waals surface area (Å²) in [5, 5.41) is 10.2. The van der Waals surface area contributed by atoms with Crippen LogP contribution in [0.15, 0.2) is 91.8 Å². The number of carbonyl (C=O) groups is 1. The van der Waals surface area contributed by atoms with Crippen molar-refractivity contribution >= 4 is 33.7 Å². The maximum Gasteiger partial charge on any atom is 0.228 e. The molecule has 0 unspecified atom stereocenters. The minimum absolute atomic E-state index is 0.0668. The van der Waals surface area contributed by atoms with E-state index in [1.54, 1.807) is 24.7 Å². The summed E-state index contributed by atoms with van der Waals surface area (Å²) in [7, 11) is 0. The summed E-state index contributed by atoms with van der Waals surface area (Å²) in [6.07, 6.45) is 9.84. The maximum atomic E-state index is 16.1. The van der Waals surface area contributed by atoms with Crippen LogP contribution in [0.4, 0.5) is 10.1 Å². The predicted octanol–water partition coefficient (Wildman–Crippen LogP) is 5.34. The number of fused-ring (bicyclic) bond motifs is 2. The number of hydrogen-bond acceptors (Lipinski definition) is 7. The molecule has 7 rings (SSSR count). The fraction of sp³-hybridized carbons (Fsp3) is 0.0333. The molecule has 0 atom stereocenters. The maximum absolute atomic E-state index is 16.1. The van der Waals surface area contributed by atoms with Gasteiger partial charge in [-0.3, -0.25) is 24.8 Å². The molecule has 0 aliphatic rings. The van der Waals surface area contributed by atoms with Gasteiger partial charge in [0.1, 0.15) is 11.4 Å². The van der Waals surface area contributed by atoms with E-state index in [1.807, 2.05) is 48.5 Å². The van der Waals surface area contributed by atoms with E-state index in [9.17, 15) is 4.79 Å². The number of nitrogens with zero attached hydrogens (tertiary/aromatic N) is 6. The molecule has 0 aliphatic heterocycles. The summed E-state index contributed by atoms with van der Waals surface area (Å²) in [6, 6.07) is 16.7. The molecule has 10 nitrogen and oxygen atoms in total. The van der Waals surface area contributed by atoms with Gasteiger partial charge in [-0.2, -0.15) is 5.10 Å². The number of hydrogen-bond donors (Lipinski definition) is 3. The number of aromatic amines is 2. The number of nitrogens with one attached hydrogen (secondary N) is 3. The highest BCUT2D eigenvalue weighted by atomic mass is 19.1. The Morgan fingerprint density at radius 1 is 0.878 bits per heavy atom. The van der Waals surface area contributed by atoms with Crippen molar-refractivity contribution < 1.29 is 9.18 Å². The van der Waals surface area contributed by atoms with Crippen LogP contribution in [0, 0.1) is 5.82 Å². The lowest BCUT2D eigenvalue weighted by atomic mass is 10.1. The van der Waals surface area contributed by atoms with Gasteiger partial charge in [0.2, 0.25) is 5.91 Å². The highest BCUT2D eigenvalue weighted by molar-refractivity contribution is 5.97. The average molecular weight is 542 g/mol. The second-order valence-corrected chi connectivity index (χ2v) is 9.34. The van der Waals surface area contributed by atoms with Crippen LogP contribution in [0.1, 0.15) is 5.56 Å². The minimum Gasteiger partial charge on any atom is -0.335 e. The molecule has 1 amide bonds. The van der Waals surface area contributed by atoms with Crippen LogP contribution < -0.4 is 5.32 Å². The zero-order valence-electron chi connectivity index (χ0n) is 21.3. The van der Waals surface area contributed by atoms with Crippen LogP contribution in [0.25, 0.3) is 56.0 Å². The summed E-state index contributed by atoms with van der Waals surface area (Å²) < 4.78 is 16.1. The number of imidazole rings is 1. The molecule has 11 heteroatoms. The van der Waals surface area contributed by atoms with E-state index < -0.39 is 5.82 Å². The SMILES string of the molecule is O=C(Cc1ccccc1)Nc1cncc(-c2ncc3[nH]nc(-c4nc5nccc(-c6cccnc6)c5[nH]4)c3c2F)c1. The molecule has 6 heterocycles. The fourth-order valence-electron chi connectivity index (χ4n) is 4.76. The van der Waals surface area contributed by atoms with Crippen molar-refractivity contribution in [3.05, 3.63) is 103 Å². The molecule has 0 saturated carbocycles. The number of aromatic nitrogens is 8. The van der Waals surface area contributed by atoms with Gasteiger partial charge < -0.3 is 10.3 Å². The van der Waals surface area contributed by atoms with Gasteiger partial charge in [0.25, 0.3) is 0 Å². The number of pyridine rings is 4. The summed E-state index contributed by atoms with van der Waals surface area (Å²) in [6.45, 7) is 0. The van der Waals surface area contributed by atoms with Crippen LogP contribution >= 0.6 is 0 Å². The van der Waals surface area contributed by atoms with Crippen molar-refractivity contribution in [3.63, 3.8) is 0 Å². The highest BCUT2D eigenvalue weighted by Gasteiger charge is 2.22. The van der Waals surface area contributed by atoms with Crippen LogP contribution in [0.2, 0.25) is 0 Å². The average Bonchev–Trinajstić information content (AvgIpc) is 3.63. The molecule has 0 radical (unpaired) electrons. The van der Waals surface area contributed by atoms with Gasteiger partial charge in [-0.15, -0.1) is 0 Å².